The Hall–Kier alpha value is -0.980. The van der Waals surface area contributed by atoms with E-state index >= 15 is 0 Å². The van der Waals surface area contributed by atoms with Gasteiger partial charge in [0.25, 0.3) is 0 Å². The highest BCUT2D eigenvalue weighted by atomic mass is 14.9. The average Bonchev–Trinajstić information content (AvgIpc) is 2.28. The predicted molar refractivity (Wildman–Crippen MR) is 69.1 cm³/mol. The van der Waals surface area contributed by atoms with E-state index in [0.717, 1.165) is 11.8 Å². The first-order chi connectivity index (χ1) is 7.75. The maximum atomic E-state index is 3.64. The lowest BCUT2D eigenvalue weighted by atomic mass is 9.71. The van der Waals surface area contributed by atoms with Gasteiger partial charge in [-0.2, -0.15) is 0 Å². The number of nitrogens with one attached hydrogen (secondary N) is 1. The summed E-state index contributed by atoms with van der Waals surface area (Å²) in [6.45, 7) is 5.67. The van der Waals surface area contributed by atoms with Gasteiger partial charge in [0.1, 0.15) is 0 Å². The molecule has 1 N–H and O–H groups in total. The number of fused-ring (bicyclic) bond motifs is 3. The van der Waals surface area contributed by atoms with Crippen molar-refractivity contribution in [3.63, 3.8) is 0 Å². The second-order valence-corrected chi connectivity index (χ2v) is 5.57. The van der Waals surface area contributed by atoms with Gasteiger partial charge in [-0.1, -0.05) is 18.9 Å². The van der Waals surface area contributed by atoms with Crippen molar-refractivity contribution in [2.45, 2.75) is 45.4 Å². The van der Waals surface area contributed by atoms with E-state index in [-0.39, 0.29) is 0 Å². The standard InChI is InChI=1S/C15H21N/c1-10-7-11(2)15-13-6-4-3-5-12(13)9-16-14(15)8-10/h7-8,12-13,16H,3-6,9H2,1-2H3. The molecule has 1 fully saturated rings. The molecule has 3 rings (SSSR count). The molecule has 1 saturated carbocycles. The molecule has 0 bridgehead atoms. The lowest BCUT2D eigenvalue weighted by Gasteiger charge is -2.39. The van der Waals surface area contributed by atoms with Crippen molar-refractivity contribution in [1.29, 1.82) is 0 Å². The van der Waals surface area contributed by atoms with Crippen LogP contribution >= 0.6 is 0 Å². The zero-order valence-corrected chi connectivity index (χ0v) is 10.3. The van der Waals surface area contributed by atoms with Crippen molar-refractivity contribution in [3.8, 4) is 0 Å². The van der Waals surface area contributed by atoms with Gasteiger partial charge in [-0.3, -0.25) is 0 Å². The van der Waals surface area contributed by atoms with Gasteiger partial charge in [-0.25, -0.2) is 0 Å². The van der Waals surface area contributed by atoms with Crippen molar-refractivity contribution in [1.82, 2.24) is 0 Å². The van der Waals surface area contributed by atoms with Crippen molar-refractivity contribution in [2.75, 3.05) is 11.9 Å². The van der Waals surface area contributed by atoms with Crippen LogP contribution in [-0.4, -0.2) is 6.54 Å². The maximum absolute atomic E-state index is 3.64. The third kappa shape index (κ3) is 1.53. The summed E-state index contributed by atoms with van der Waals surface area (Å²) in [4.78, 5) is 0. The summed E-state index contributed by atoms with van der Waals surface area (Å²) in [6, 6.07) is 4.67. The largest absolute Gasteiger partial charge is 0.384 e. The minimum atomic E-state index is 0.839. The first kappa shape index (κ1) is 10.2. The van der Waals surface area contributed by atoms with Gasteiger partial charge in [0, 0.05) is 12.2 Å². The van der Waals surface area contributed by atoms with E-state index < -0.39 is 0 Å². The molecule has 1 aromatic rings. The summed E-state index contributed by atoms with van der Waals surface area (Å²) in [5, 5.41) is 3.64. The molecule has 1 nitrogen and oxygen atoms in total. The Morgan fingerprint density at radius 1 is 1.12 bits per heavy atom. The Morgan fingerprint density at radius 3 is 2.81 bits per heavy atom. The highest BCUT2D eigenvalue weighted by Crippen LogP contribution is 2.45. The number of hydrogen-bond donors (Lipinski definition) is 1. The van der Waals surface area contributed by atoms with Gasteiger partial charge in [-0.15, -0.1) is 0 Å². The molecule has 2 aliphatic rings. The zero-order chi connectivity index (χ0) is 11.1. The highest BCUT2D eigenvalue weighted by molar-refractivity contribution is 5.60. The van der Waals surface area contributed by atoms with Crippen molar-refractivity contribution >= 4 is 5.69 Å². The summed E-state index contributed by atoms with van der Waals surface area (Å²) < 4.78 is 0. The van der Waals surface area contributed by atoms with Crippen LogP contribution in [0.2, 0.25) is 0 Å². The molecule has 1 aliphatic carbocycles. The number of aryl methyl sites for hydroxylation is 2. The molecule has 1 heterocycles. The minimum Gasteiger partial charge on any atom is -0.384 e. The molecular weight excluding hydrogens is 194 g/mol. The quantitative estimate of drug-likeness (QED) is 0.689. The van der Waals surface area contributed by atoms with Crippen LogP contribution in [0.15, 0.2) is 12.1 Å². The van der Waals surface area contributed by atoms with E-state index in [9.17, 15) is 0 Å². The van der Waals surface area contributed by atoms with Gasteiger partial charge >= 0.3 is 0 Å². The first-order valence-corrected chi connectivity index (χ1v) is 6.61. The monoisotopic (exact) mass is 215 g/mol. The summed E-state index contributed by atoms with van der Waals surface area (Å²) >= 11 is 0. The summed E-state index contributed by atoms with van der Waals surface area (Å²) in [6.07, 6.45) is 5.69. The molecule has 0 radical (unpaired) electrons. The fourth-order valence-electron chi connectivity index (χ4n) is 3.69. The van der Waals surface area contributed by atoms with Crippen molar-refractivity contribution < 1.29 is 0 Å². The molecule has 16 heavy (non-hydrogen) atoms. The van der Waals surface area contributed by atoms with Crippen LogP contribution in [0.3, 0.4) is 0 Å². The normalized spacial score (nSPS) is 27.9. The fraction of sp³-hybridized carbons (Fsp3) is 0.600. The van der Waals surface area contributed by atoms with Gasteiger partial charge < -0.3 is 5.32 Å². The molecule has 1 heteroatoms. The third-order valence-corrected chi connectivity index (χ3v) is 4.37. The first-order valence-electron chi connectivity index (χ1n) is 6.61. The second-order valence-electron chi connectivity index (χ2n) is 5.57. The van der Waals surface area contributed by atoms with Crippen molar-refractivity contribution in [3.05, 3.63) is 28.8 Å². The Bertz CT molecular complexity index is 408. The molecule has 0 aromatic heterocycles. The van der Waals surface area contributed by atoms with Crippen LogP contribution in [0, 0.1) is 19.8 Å². The summed E-state index contributed by atoms with van der Waals surface area (Å²) in [7, 11) is 0. The van der Waals surface area contributed by atoms with Crippen LogP contribution in [0.5, 0.6) is 0 Å². The second kappa shape index (κ2) is 3.80. The van der Waals surface area contributed by atoms with Gasteiger partial charge in [-0.05, 0) is 61.3 Å². The molecule has 86 valence electrons. The number of hydrogen-bond acceptors (Lipinski definition) is 1. The van der Waals surface area contributed by atoms with Crippen LogP contribution < -0.4 is 5.32 Å². The van der Waals surface area contributed by atoms with E-state index in [1.165, 1.54) is 49.0 Å². The SMILES string of the molecule is Cc1cc(C)c2c(c1)NCC1CCCCC21. The van der Waals surface area contributed by atoms with Crippen LogP contribution in [0.4, 0.5) is 5.69 Å². The van der Waals surface area contributed by atoms with E-state index in [1.807, 2.05) is 0 Å². The summed E-state index contributed by atoms with van der Waals surface area (Å²) in [5.74, 6) is 1.73. The molecule has 1 aromatic carbocycles. The smallest absolute Gasteiger partial charge is 0.0381 e. The molecule has 0 saturated heterocycles. The van der Waals surface area contributed by atoms with E-state index in [4.69, 9.17) is 0 Å². The van der Waals surface area contributed by atoms with Crippen LogP contribution in [0.1, 0.15) is 48.3 Å². The molecule has 2 atom stereocenters. The lowest BCUT2D eigenvalue weighted by Crippen LogP contribution is -2.30. The van der Waals surface area contributed by atoms with Gasteiger partial charge in [0.15, 0.2) is 0 Å². The predicted octanol–water partition coefficient (Wildman–Crippen LogP) is 4.00. The molecule has 2 unspecified atom stereocenters. The Labute approximate surface area is 98.3 Å². The van der Waals surface area contributed by atoms with E-state index in [0.29, 0.717) is 0 Å². The van der Waals surface area contributed by atoms with Gasteiger partial charge in [0.2, 0.25) is 0 Å². The third-order valence-electron chi connectivity index (χ3n) is 4.37. The fourth-order valence-corrected chi connectivity index (χ4v) is 3.69. The van der Waals surface area contributed by atoms with E-state index in [2.05, 4.69) is 31.3 Å². The minimum absolute atomic E-state index is 0.839. The van der Waals surface area contributed by atoms with Crippen molar-refractivity contribution in [2.24, 2.45) is 5.92 Å². The molecular formula is C15H21N. The molecule has 0 amide bonds. The maximum Gasteiger partial charge on any atom is 0.0381 e. The zero-order valence-electron chi connectivity index (χ0n) is 10.3. The average molecular weight is 215 g/mol. The lowest BCUT2D eigenvalue weighted by molar-refractivity contribution is 0.312. The number of anilines is 1. The number of rotatable bonds is 0. The highest BCUT2D eigenvalue weighted by Gasteiger charge is 2.32. The summed E-state index contributed by atoms with van der Waals surface area (Å²) in [5.41, 5.74) is 5.93. The van der Waals surface area contributed by atoms with Crippen LogP contribution in [0.25, 0.3) is 0 Å². The Balaban J connectivity index is 2.07. The molecule has 0 spiro atoms. The number of benzene rings is 1. The van der Waals surface area contributed by atoms with Crippen LogP contribution in [-0.2, 0) is 0 Å². The van der Waals surface area contributed by atoms with Gasteiger partial charge in [0.05, 0.1) is 0 Å². The Morgan fingerprint density at radius 2 is 1.94 bits per heavy atom. The topological polar surface area (TPSA) is 12.0 Å². The molecule has 1 aliphatic heterocycles. The Kier molecular flexibility index (Phi) is 2.42. The van der Waals surface area contributed by atoms with E-state index in [1.54, 1.807) is 5.56 Å².